The summed E-state index contributed by atoms with van der Waals surface area (Å²) >= 11 is 0. The monoisotopic (exact) mass is 221 g/mol. The predicted molar refractivity (Wildman–Crippen MR) is 57.6 cm³/mol. The van der Waals surface area contributed by atoms with Crippen LogP contribution in [0.25, 0.3) is 0 Å². The lowest BCUT2D eigenvalue weighted by atomic mass is 9.79. The molecule has 0 aromatic carbocycles. The molecule has 0 amide bonds. The molecule has 1 atom stereocenters. The third kappa shape index (κ3) is 1.90. The SMILES string of the molecule is NCC(Cc1ncccn1)(C(=O)O)C1CC1. The molecule has 1 aliphatic rings. The van der Waals surface area contributed by atoms with E-state index in [0.717, 1.165) is 12.8 Å². The van der Waals surface area contributed by atoms with Gasteiger partial charge in [-0.2, -0.15) is 0 Å². The van der Waals surface area contributed by atoms with E-state index in [4.69, 9.17) is 5.73 Å². The Balaban J connectivity index is 2.23. The van der Waals surface area contributed by atoms with Gasteiger partial charge in [0.25, 0.3) is 0 Å². The lowest BCUT2D eigenvalue weighted by molar-refractivity contribution is -0.149. The minimum absolute atomic E-state index is 0.144. The predicted octanol–water partition coefficient (Wildman–Crippen LogP) is 0.459. The average Bonchev–Trinajstić information content (AvgIpc) is 3.11. The topological polar surface area (TPSA) is 89.1 Å². The van der Waals surface area contributed by atoms with E-state index < -0.39 is 11.4 Å². The molecule has 0 bridgehead atoms. The van der Waals surface area contributed by atoms with Crippen LogP contribution < -0.4 is 5.73 Å². The molecule has 5 heteroatoms. The smallest absolute Gasteiger partial charge is 0.311 e. The summed E-state index contributed by atoms with van der Waals surface area (Å²) in [7, 11) is 0. The van der Waals surface area contributed by atoms with Gasteiger partial charge in [-0.3, -0.25) is 4.79 Å². The fourth-order valence-electron chi connectivity index (χ4n) is 2.06. The van der Waals surface area contributed by atoms with Crippen molar-refractivity contribution in [3.8, 4) is 0 Å². The van der Waals surface area contributed by atoms with Crippen molar-refractivity contribution in [3.63, 3.8) is 0 Å². The number of carboxylic acids is 1. The summed E-state index contributed by atoms with van der Waals surface area (Å²) in [5.74, 6) is -0.0917. The molecule has 1 aromatic heterocycles. The first-order valence-corrected chi connectivity index (χ1v) is 5.38. The number of nitrogens with zero attached hydrogens (tertiary/aromatic N) is 2. The molecule has 1 fully saturated rings. The number of carboxylic acid groups (broad SMARTS) is 1. The molecule has 0 radical (unpaired) electrons. The normalized spacial score (nSPS) is 19.1. The molecule has 2 rings (SSSR count). The second-order valence-electron chi connectivity index (χ2n) is 4.28. The van der Waals surface area contributed by atoms with Gasteiger partial charge in [-0.15, -0.1) is 0 Å². The van der Waals surface area contributed by atoms with Crippen LogP contribution in [-0.2, 0) is 11.2 Å². The molecule has 1 aromatic rings. The molecule has 0 aliphatic heterocycles. The Kier molecular flexibility index (Phi) is 2.87. The first-order chi connectivity index (χ1) is 7.69. The summed E-state index contributed by atoms with van der Waals surface area (Å²) in [6.45, 7) is 0.144. The number of hydrogen-bond acceptors (Lipinski definition) is 4. The molecule has 5 nitrogen and oxygen atoms in total. The number of nitrogens with two attached hydrogens (primary N) is 1. The Hall–Kier alpha value is -1.49. The van der Waals surface area contributed by atoms with Gasteiger partial charge >= 0.3 is 5.97 Å². The van der Waals surface area contributed by atoms with E-state index in [1.165, 1.54) is 0 Å². The van der Waals surface area contributed by atoms with Gasteiger partial charge in [0, 0.05) is 25.4 Å². The number of carbonyl (C=O) groups is 1. The third-order valence-electron chi connectivity index (χ3n) is 3.24. The zero-order valence-corrected chi connectivity index (χ0v) is 8.97. The number of aromatic nitrogens is 2. The van der Waals surface area contributed by atoms with Crippen molar-refractivity contribution >= 4 is 5.97 Å². The quantitative estimate of drug-likeness (QED) is 0.754. The maximum absolute atomic E-state index is 11.4. The lowest BCUT2D eigenvalue weighted by Crippen LogP contribution is -2.43. The Morgan fingerprint density at radius 3 is 2.56 bits per heavy atom. The summed E-state index contributed by atoms with van der Waals surface area (Å²) in [5.41, 5.74) is 4.79. The van der Waals surface area contributed by atoms with E-state index in [2.05, 4.69) is 9.97 Å². The van der Waals surface area contributed by atoms with Crippen LogP contribution in [0.2, 0.25) is 0 Å². The zero-order valence-electron chi connectivity index (χ0n) is 8.97. The Morgan fingerprint density at radius 1 is 1.50 bits per heavy atom. The number of rotatable bonds is 5. The largest absolute Gasteiger partial charge is 0.481 e. The minimum Gasteiger partial charge on any atom is -0.481 e. The lowest BCUT2D eigenvalue weighted by Gasteiger charge is -2.26. The molecule has 1 aliphatic carbocycles. The van der Waals surface area contributed by atoms with Crippen LogP contribution >= 0.6 is 0 Å². The van der Waals surface area contributed by atoms with Gasteiger partial charge in [-0.25, -0.2) is 9.97 Å². The maximum atomic E-state index is 11.4. The molecule has 0 saturated heterocycles. The fraction of sp³-hybridized carbons (Fsp3) is 0.545. The van der Waals surface area contributed by atoms with Gasteiger partial charge in [0.15, 0.2) is 0 Å². The van der Waals surface area contributed by atoms with E-state index >= 15 is 0 Å². The highest BCUT2D eigenvalue weighted by Crippen LogP contribution is 2.46. The second kappa shape index (κ2) is 4.17. The van der Waals surface area contributed by atoms with Crippen molar-refractivity contribution < 1.29 is 9.90 Å². The molecule has 3 N–H and O–H groups in total. The highest BCUT2D eigenvalue weighted by Gasteiger charge is 2.50. The molecule has 86 valence electrons. The van der Waals surface area contributed by atoms with E-state index in [9.17, 15) is 9.90 Å². The van der Waals surface area contributed by atoms with E-state index in [1.54, 1.807) is 18.5 Å². The molecule has 1 unspecified atom stereocenters. The van der Waals surface area contributed by atoms with Crippen LogP contribution in [0.4, 0.5) is 0 Å². The first kappa shape index (κ1) is 11.0. The standard InChI is InChI=1S/C11H15N3O2/c12-7-11(10(15)16,8-2-3-8)6-9-13-4-1-5-14-9/h1,4-5,8H,2-3,6-7,12H2,(H,15,16). The van der Waals surface area contributed by atoms with Crippen molar-refractivity contribution in [2.24, 2.45) is 17.1 Å². The van der Waals surface area contributed by atoms with Gasteiger partial charge < -0.3 is 10.8 Å². The summed E-state index contributed by atoms with van der Waals surface area (Å²) in [6, 6.07) is 1.71. The zero-order chi connectivity index (χ0) is 11.6. The van der Waals surface area contributed by atoms with Gasteiger partial charge in [-0.05, 0) is 24.8 Å². The summed E-state index contributed by atoms with van der Waals surface area (Å²) < 4.78 is 0. The van der Waals surface area contributed by atoms with Gasteiger partial charge in [0.2, 0.25) is 0 Å². The van der Waals surface area contributed by atoms with Crippen LogP contribution in [0, 0.1) is 11.3 Å². The van der Waals surface area contributed by atoms with Gasteiger partial charge in [0.1, 0.15) is 5.82 Å². The summed E-state index contributed by atoms with van der Waals surface area (Å²) in [4.78, 5) is 19.6. The van der Waals surface area contributed by atoms with Crippen molar-refractivity contribution in [2.75, 3.05) is 6.54 Å². The molecule has 0 spiro atoms. The summed E-state index contributed by atoms with van der Waals surface area (Å²) in [5, 5.41) is 9.36. The van der Waals surface area contributed by atoms with Crippen molar-refractivity contribution in [3.05, 3.63) is 24.3 Å². The number of hydrogen-bond donors (Lipinski definition) is 2. The highest BCUT2D eigenvalue weighted by molar-refractivity contribution is 5.76. The van der Waals surface area contributed by atoms with Crippen LogP contribution in [0.15, 0.2) is 18.5 Å². The van der Waals surface area contributed by atoms with Gasteiger partial charge in [-0.1, -0.05) is 0 Å². The molecular weight excluding hydrogens is 206 g/mol. The average molecular weight is 221 g/mol. The van der Waals surface area contributed by atoms with Crippen LogP contribution in [0.3, 0.4) is 0 Å². The van der Waals surface area contributed by atoms with E-state index in [-0.39, 0.29) is 12.5 Å². The van der Waals surface area contributed by atoms with Crippen LogP contribution in [-0.4, -0.2) is 27.6 Å². The molecule has 1 saturated carbocycles. The molecular formula is C11H15N3O2. The van der Waals surface area contributed by atoms with E-state index in [0.29, 0.717) is 12.2 Å². The Morgan fingerprint density at radius 2 is 2.12 bits per heavy atom. The maximum Gasteiger partial charge on any atom is 0.311 e. The first-order valence-electron chi connectivity index (χ1n) is 5.38. The van der Waals surface area contributed by atoms with E-state index in [1.807, 2.05) is 0 Å². The van der Waals surface area contributed by atoms with Crippen LogP contribution in [0.1, 0.15) is 18.7 Å². The number of aliphatic carboxylic acids is 1. The van der Waals surface area contributed by atoms with Crippen molar-refractivity contribution in [1.29, 1.82) is 0 Å². The molecule has 16 heavy (non-hydrogen) atoms. The highest BCUT2D eigenvalue weighted by atomic mass is 16.4. The molecule has 1 heterocycles. The minimum atomic E-state index is -0.874. The fourth-order valence-corrected chi connectivity index (χ4v) is 2.06. The Bertz CT molecular complexity index is 378. The summed E-state index contributed by atoms with van der Waals surface area (Å²) in [6.07, 6.45) is 5.45. The van der Waals surface area contributed by atoms with Crippen LogP contribution in [0.5, 0.6) is 0 Å². The second-order valence-corrected chi connectivity index (χ2v) is 4.28. The Labute approximate surface area is 93.7 Å². The van der Waals surface area contributed by atoms with Gasteiger partial charge in [0.05, 0.1) is 5.41 Å². The van der Waals surface area contributed by atoms with Crippen molar-refractivity contribution in [1.82, 2.24) is 9.97 Å². The third-order valence-corrected chi connectivity index (χ3v) is 3.24. The van der Waals surface area contributed by atoms with Crippen molar-refractivity contribution in [2.45, 2.75) is 19.3 Å².